The van der Waals surface area contributed by atoms with Gasteiger partial charge in [-0.15, -0.1) is 5.10 Å². The topological polar surface area (TPSA) is 98.2 Å². The predicted octanol–water partition coefficient (Wildman–Crippen LogP) is 3.60. The second-order valence-corrected chi connectivity index (χ2v) is 9.47. The number of methoxy groups -OCH3 is 1. The highest BCUT2D eigenvalue weighted by Crippen LogP contribution is 2.34. The van der Waals surface area contributed by atoms with E-state index in [-0.39, 0.29) is 17.7 Å². The van der Waals surface area contributed by atoms with E-state index in [2.05, 4.69) is 32.3 Å². The number of aromatic nitrogens is 5. The highest BCUT2D eigenvalue weighted by atomic mass is 16.5. The summed E-state index contributed by atoms with van der Waals surface area (Å²) < 4.78 is 13.1. The zero-order valence-corrected chi connectivity index (χ0v) is 20.1. The van der Waals surface area contributed by atoms with E-state index in [1.54, 1.807) is 7.11 Å². The molecule has 2 atom stereocenters. The maximum Gasteiger partial charge on any atom is 0.252 e. The van der Waals surface area contributed by atoms with Gasteiger partial charge in [0.05, 0.1) is 25.8 Å². The Balaban J connectivity index is 1.48. The number of ether oxygens (including phenoxy) is 2. The minimum atomic E-state index is -0.0468. The van der Waals surface area contributed by atoms with Gasteiger partial charge in [0.15, 0.2) is 5.82 Å². The van der Waals surface area contributed by atoms with Crippen LogP contribution >= 0.6 is 0 Å². The molecule has 2 aromatic heterocycles. The summed E-state index contributed by atoms with van der Waals surface area (Å²) in [5.74, 6) is 1.64. The molecule has 1 N–H and O–H groups in total. The van der Waals surface area contributed by atoms with E-state index in [1.807, 2.05) is 28.9 Å². The lowest BCUT2D eigenvalue weighted by atomic mass is 10.0. The molecule has 2 fully saturated rings. The van der Waals surface area contributed by atoms with Gasteiger partial charge in [0.1, 0.15) is 5.75 Å². The van der Waals surface area contributed by atoms with Crippen LogP contribution in [0.2, 0.25) is 0 Å². The fraction of sp³-hybridized carbons (Fsp3) is 0.600. The first-order valence-corrected chi connectivity index (χ1v) is 12.5. The van der Waals surface area contributed by atoms with E-state index in [1.165, 1.54) is 12.8 Å². The highest BCUT2D eigenvalue weighted by molar-refractivity contribution is 5.80. The van der Waals surface area contributed by atoms with Gasteiger partial charge in [0.25, 0.3) is 5.56 Å². The number of H-pyrrole nitrogens is 1. The molecule has 1 saturated carbocycles. The second-order valence-electron chi connectivity index (χ2n) is 9.47. The largest absolute Gasteiger partial charge is 0.497 e. The molecule has 34 heavy (non-hydrogen) atoms. The average molecular weight is 467 g/mol. The average Bonchev–Trinajstić information content (AvgIpc) is 3.63. The molecule has 3 aromatic rings. The van der Waals surface area contributed by atoms with Crippen molar-refractivity contribution in [2.24, 2.45) is 0 Å². The molecule has 1 saturated heterocycles. The van der Waals surface area contributed by atoms with Gasteiger partial charge in [-0.25, -0.2) is 4.68 Å². The van der Waals surface area contributed by atoms with Gasteiger partial charge in [0.2, 0.25) is 0 Å². The molecule has 0 radical (unpaired) electrons. The van der Waals surface area contributed by atoms with Crippen LogP contribution in [0.1, 0.15) is 69.3 Å². The van der Waals surface area contributed by atoms with Crippen LogP contribution in [0, 0.1) is 0 Å². The molecule has 0 spiro atoms. The van der Waals surface area contributed by atoms with Crippen LogP contribution in [-0.4, -0.2) is 56.0 Å². The molecule has 1 aromatic carbocycles. The lowest BCUT2D eigenvalue weighted by molar-refractivity contribution is 0.0839. The van der Waals surface area contributed by atoms with Gasteiger partial charge in [-0.05, 0) is 66.8 Å². The van der Waals surface area contributed by atoms with Crippen molar-refractivity contribution in [2.45, 2.75) is 83.1 Å². The molecule has 0 bridgehead atoms. The van der Waals surface area contributed by atoms with Crippen LogP contribution in [0.15, 0.2) is 29.1 Å². The molecular formula is C25H34N6O3. The first kappa shape index (κ1) is 23.0. The summed E-state index contributed by atoms with van der Waals surface area (Å²) in [6, 6.07) is 8.15. The molecule has 1 aliphatic heterocycles. The number of hydrogen-bond donors (Lipinski definition) is 1. The summed E-state index contributed by atoms with van der Waals surface area (Å²) in [7, 11) is 1.65. The van der Waals surface area contributed by atoms with E-state index in [9.17, 15) is 4.79 Å². The number of pyridine rings is 1. The van der Waals surface area contributed by atoms with Crippen LogP contribution < -0.4 is 10.3 Å². The van der Waals surface area contributed by atoms with Crippen molar-refractivity contribution in [1.29, 1.82) is 0 Å². The molecule has 1 aliphatic carbocycles. The van der Waals surface area contributed by atoms with Gasteiger partial charge < -0.3 is 14.5 Å². The Morgan fingerprint density at radius 2 is 2.09 bits per heavy atom. The van der Waals surface area contributed by atoms with E-state index in [0.29, 0.717) is 19.1 Å². The van der Waals surface area contributed by atoms with Gasteiger partial charge >= 0.3 is 0 Å². The first-order chi connectivity index (χ1) is 16.7. The Morgan fingerprint density at radius 3 is 2.82 bits per heavy atom. The summed E-state index contributed by atoms with van der Waals surface area (Å²) in [4.78, 5) is 18.6. The third-order valence-electron chi connectivity index (χ3n) is 7.32. The van der Waals surface area contributed by atoms with E-state index >= 15 is 0 Å². The van der Waals surface area contributed by atoms with Crippen LogP contribution in [0.5, 0.6) is 5.75 Å². The third kappa shape index (κ3) is 4.72. The van der Waals surface area contributed by atoms with Crippen molar-refractivity contribution in [1.82, 2.24) is 30.1 Å². The van der Waals surface area contributed by atoms with Crippen molar-refractivity contribution < 1.29 is 9.47 Å². The van der Waals surface area contributed by atoms with Crippen LogP contribution in [0.3, 0.4) is 0 Å². The van der Waals surface area contributed by atoms with Crippen LogP contribution in [0.4, 0.5) is 0 Å². The fourth-order valence-electron chi connectivity index (χ4n) is 5.53. The summed E-state index contributed by atoms with van der Waals surface area (Å²) in [5.41, 5.74) is 1.52. The molecule has 0 amide bonds. The van der Waals surface area contributed by atoms with Crippen molar-refractivity contribution in [3.63, 3.8) is 0 Å². The van der Waals surface area contributed by atoms with Crippen molar-refractivity contribution in [2.75, 3.05) is 13.7 Å². The van der Waals surface area contributed by atoms with Crippen molar-refractivity contribution in [3.8, 4) is 5.75 Å². The van der Waals surface area contributed by atoms with Gasteiger partial charge in [-0.1, -0.05) is 19.8 Å². The molecule has 9 nitrogen and oxygen atoms in total. The Hall–Kier alpha value is -2.78. The number of fused-ring (bicyclic) bond motifs is 1. The maximum atomic E-state index is 13.1. The monoisotopic (exact) mass is 466 g/mol. The van der Waals surface area contributed by atoms with Gasteiger partial charge in [-0.3, -0.25) is 9.69 Å². The van der Waals surface area contributed by atoms with Crippen molar-refractivity contribution >= 4 is 10.9 Å². The van der Waals surface area contributed by atoms with E-state index in [0.717, 1.165) is 66.8 Å². The molecule has 9 heteroatoms. The standard InChI is InChI=1S/C25H34N6O3/c1-3-23(24-27-28-29-31(24)16-21-9-6-12-34-21)30(19-7-4-5-8-19)15-18-13-17-14-20(33-2)10-11-22(17)26-25(18)32/h10-11,13-14,19,21,23H,3-9,12,15-16H2,1-2H3,(H,26,32)/t21-,23+/m0/s1. The van der Waals surface area contributed by atoms with Gasteiger partial charge in [-0.2, -0.15) is 0 Å². The smallest absolute Gasteiger partial charge is 0.252 e. The normalized spacial score (nSPS) is 19.9. The van der Waals surface area contributed by atoms with Crippen LogP contribution in [0.25, 0.3) is 10.9 Å². The minimum absolute atomic E-state index is 0.0277. The lowest BCUT2D eigenvalue weighted by Gasteiger charge is -2.35. The minimum Gasteiger partial charge on any atom is -0.497 e. The number of nitrogens with one attached hydrogen (secondary N) is 1. The molecule has 5 rings (SSSR count). The third-order valence-corrected chi connectivity index (χ3v) is 7.32. The Morgan fingerprint density at radius 1 is 1.24 bits per heavy atom. The highest BCUT2D eigenvalue weighted by Gasteiger charge is 2.33. The predicted molar refractivity (Wildman–Crippen MR) is 129 cm³/mol. The Kier molecular flexibility index (Phi) is 6.92. The molecule has 0 unspecified atom stereocenters. The Bertz CT molecular complexity index is 1160. The zero-order valence-electron chi connectivity index (χ0n) is 20.1. The molecule has 3 heterocycles. The molecule has 182 valence electrons. The van der Waals surface area contributed by atoms with Crippen LogP contribution in [-0.2, 0) is 17.8 Å². The second kappa shape index (κ2) is 10.2. The maximum absolute atomic E-state index is 13.1. The summed E-state index contributed by atoms with van der Waals surface area (Å²) in [6.45, 7) is 4.21. The number of tetrazole rings is 1. The van der Waals surface area contributed by atoms with Crippen molar-refractivity contribution in [3.05, 3.63) is 46.0 Å². The van der Waals surface area contributed by atoms with E-state index in [4.69, 9.17) is 9.47 Å². The number of benzene rings is 1. The molecule has 2 aliphatic rings. The number of aromatic amines is 1. The number of rotatable bonds is 9. The summed E-state index contributed by atoms with van der Waals surface area (Å²) >= 11 is 0. The summed E-state index contributed by atoms with van der Waals surface area (Å²) in [6.07, 6.45) is 7.83. The number of hydrogen-bond acceptors (Lipinski definition) is 7. The Labute approximate surface area is 199 Å². The quantitative estimate of drug-likeness (QED) is 0.514. The van der Waals surface area contributed by atoms with E-state index < -0.39 is 0 Å². The first-order valence-electron chi connectivity index (χ1n) is 12.5. The summed E-state index contributed by atoms with van der Waals surface area (Å²) in [5, 5.41) is 13.8. The molecular weight excluding hydrogens is 432 g/mol. The lowest BCUT2D eigenvalue weighted by Crippen LogP contribution is -2.39. The fourth-order valence-corrected chi connectivity index (χ4v) is 5.53. The SMILES string of the molecule is CC[C@H](c1nnnn1C[C@@H]1CCCO1)N(Cc1cc2cc(OC)ccc2[nH]c1=O)C1CCCC1. The zero-order chi connectivity index (χ0) is 23.5. The number of nitrogens with zero attached hydrogens (tertiary/aromatic N) is 5. The van der Waals surface area contributed by atoms with Gasteiger partial charge in [0, 0.05) is 35.7 Å².